The summed E-state index contributed by atoms with van der Waals surface area (Å²) in [5.41, 5.74) is 3.96. The van der Waals surface area contributed by atoms with Gasteiger partial charge >= 0.3 is 0 Å². The van der Waals surface area contributed by atoms with Crippen LogP contribution in [0.2, 0.25) is 0 Å². The van der Waals surface area contributed by atoms with Crippen LogP contribution < -0.4 is 5.32 Å². The van der Waals surface area contributed by atoms with Gasteiger partial charge in [0.15, 0.2) is 0 Å². The molecule has 126 valence electrons. The van der Waals surface area contributed by atoms with Crippen LogP contribution in [0.3, 0.4) is 0 Å². The zero-order valence-corrected chi connectivity index (χ0v) is 14.5. The molecule has 3 aromatic heterocycles. The van der Waals surface area contributed by atoms with Crippen LogP contribution in [-0.4, -0.2) is 10.9 Å². The summed E-state index contributed by atoms with van der Waals surface area (Å²) in [7, 11) is 0. The number of fused-ring (bicyclic) bond motifs is 2. The normalized spacial score (nSPS) is 11.2. The summed E-state index contributed by atoms with van der Waals surface area (Å²) in [4.78, 5) is 16.5. The van der Waals surface area contributed by atoms with Crippen LogP contribution in [0.1, 0.15) is 9.67 Å². The van der Waals surface area contributed by atoms with Gasteiger partial charge in [0.25, 0.3) is 5.91 Å². The van der Waals surface area contributed by atoms with Crippen molar-refractivity contribution in [3.05, 3.63) is 78.2 Å². The van der Waals surface area contributed by atoms with Gasteiger partial charge in [-0.2, -0.15) is 0 Å². The predicted octanol–water partition coefficient (Wildman–Crippen LogP) is 5.89. The van der Waals surface area contributed by atoms with E-state index < -0.39 is 0 Å². The Balaban J connectivity index is 1.45. The van der Waals surface area contributed by atoms with E-state index >= 15 is 0 Å². The summed E-state index contributed by atoms with van der Waals surface area (Å²) >= 11 is 1.49. The van der Waals surface area contributed by atoms with E-state index in [1.54, 1.807) is 12.5 Å². The first-order valence-corrected chi connectivity index (χ1v) is 9.03. The molecule has 0 atom stereocenters. The van der Waals surface area contributed by atoms with Gasteiger partial charge in [-0.1, -0.05) is 12.1 Å². The maximum atomic E-state index is 12.6. The molecule has 1 amide bonds. The molecule has 0 aliphatic rings. The Kier molecular flexibility index (Phi) is 3.40. The number of nitrogens with one attached hydrogen (secondary N) is 2. The van der Waals surface area contributed by atoms with Gasteiger partial charge in [0.05, 0.1) is 17.4 Å². The first-order valence-electron chi connectivity index (χ1n) is 8.21. The summed E-state index contributed by atoms with van der Waals surface area (Å²) in [5.74, 6) is -0.0917. The Morgan fingerprint density at radius 2 is 1.92 bits per heavy atom. The maximum Gasteiger partial charge on any atom is 0.265 e. The lowest BCUT2D eigenvalue weighted by Crippen LogP contribution is -2.09. The molecular weight excluding hydrogens is 344 g/mol. The van der Waals surface area contributed by atoms with Crippen LogP contribution in [0.4, 0.5) is 5.69 Å². The Morgan fingerprint density at radius 1 is 0.962 bits per heavy atom. The largest absolute Gasteiger partial charge is 0.472 e. The number of hydrogen-bond donors (Lipinski definition) is 2. The average Bonchev–Trinajstić information content (AvgIpc) is 3.39. The molecule has 5 rings (SSSR count). The molecule has 0 saturated heterocycles. The topological polar surface area (TPSA) is 58.0 Å². The number of anilines is 1. The smallest absolute Gasteiger partial charge is 0.265 e. The Bertz CT molecular complexity index is 1230. The summed E-state index contributed by atoms with van der Waals surface area (Å²) in [6.07, 6.45) is 5.27. The Labute approximate surface area is 153 Å². The molecule has 0 unspecified atom stereocenters. The van der Waals surface area contributed by atoms with Crippen LogP contribution in [0.15, 0.2) is 77.7 Å². The molecule has 0 radical (unpaired) electrons. The molecule has 4 nitrogen and oxygen atoms in total. The van der Waals surface area contributed by atoms with E-state index in [0.717, 1.165) is 37.8 Å². The number of aromatic nitrogens is 1. The first kappa shape index (κ1) is 15.0. The van der Waals surface area contributed by atoms with E-state index in [4.69, 9.17) is 4.42 Å². The summed E-state index contributed by atoms with van der Waals surface area (Å²) in [6.45, 7) is 0. The van der Waals surface area contributed by atoms with Crippen LogP contribution >= 0.6 is 11.3 Å². The van der Waals surface area contributed by atoms with E-state index in [0.29, 0.717) is 4.88 Å². The highest BCUT2D eigenvalue weighted by atomic mass is 32.1. The van der Waals surface area contributed by atoms with Crippen molar-refractivity contribution in [2.45, 2.75) is 0 Å². The molecule has 0 spiro atoms. The number of hydrogen-bond acceptors (Lipinski definition) is 3. The third-order valence-corrected chi connectivity index (χ3v) is 5.51. The van der Waals surface area contributed by atoms with Crippen molar-refractivity contribution in [3.63, 3.8) is 0 Å². The first-order chi connectivity index (χ1) is 12.8. The van der Waals surface area contributed by atoms with E-state index in [9.17, 15) is 4.79 Å². The van der Waals surface area contributed by atoms with Gasteiger partial charge < -0.3 is 14.7 Å². The highest BCUT2D eigenvalue weighted by Crippen LogP contribution is 2.31. The number of aromatic amines is 1. The number of thiophene rings is 1. The number of H-pyrrole nitrogens is 1. The fourth-order valence-corrected chi connectivity index (χ4v) is 4.07. The van der Waals surface area contributed by atoms with Crippen LogP contribution in [0, 0.1) is 0 Å². The molecule has 0 fully saturated rings. The zero-order valence-electron chi connectivity index (χ0n) is 13.7. The van der Waals surface area contributed by atoms with Gasteiger partial charge in [-0.15, -0.1) is 11.3 Å². The lowest BCUT2D eigenvalue weighted by Gasteiger charge is -2.03. The number of furan rings is 1. The quantitative estimate of drug-likeness (QED) is 0.422. The van der Waals surface area contributed by atoms with Gasteiger partial charge in [-0.3, -0.25) is 4.79 Å². The molecule has 0 bridgehead atoms. The van der Waals surface area contributed by atoms with Crippen molar-refractivity contribution >= 4 is 43.9 Å². The predicted molar refractivity (Wildman–Crippen MR) is 106 cm³/mol. The van der Waals surface area contributed by atoms with Crippen LogP contribution in [-0.2, 0) is 0 Å². The van der Waals surface area contributed by atoms with Crippen molar-refractivity contribution in [1.29, 1.82) is 0 Å². The van der Waals surface area contributed by atoms with E-state index in [-0.39, 0.29) is 5.91 Å². The standard InChI is InChI=1S/C21H14N2O2S/c24-21(23-17-3-4-18-14(9-17)5-7-22-18)20-11-15-2-1-13(10-19(15)26-20)16-6-8-25-12-16/h1-12,22H,(H,23,24). The van der Waals surface area contributed by atoms with Gasteiger partial charge in [-0.05, 0) is 53.4 Å². The van der Waals surface area contributed by atoms with Crippen LogP contribution in [0.25, 0.3) is 32.1 Å². The molecule has 3 heterocycles. The van der Waals surface area contributed by atoms with E-state index in [1.165, 1.54) is 11.3 Å². The molecule has 5 aromatic rings. The van der Waals surface area contributed by atoms with Crippen molar-refractivity contribution in [3.8, 4) is 11.1 Å². The third-order valence-electron chi connectivity index (χ3n) is 4.41. The highest BCUT2D eigenvalue weighted by molar-refractivity contribution is 7.21. The zero-order chi connectivity index (χ0) is 17.5. The van der Waals surface area contributed by atoms with E-state index in [1.807, 2.05) is 54.7 Å². The molecule has 5 heteroatoms. The lowest BCUT2D eigenvalue weighted by molar-refractivity contribution is 0.103. The summed E-state index contributed by atoms with van der Waals surface area (Å²) in [6, 6.07) is 17.9. The molecule has 2 N–H and O–H groups in total. The molecule has 2 aromatic carbocycles. The summed E-state index contributed by atoms with van der Waals surface area (Å²) in [5, 5.41) is 5.12. The lowest BCUT2D eigenvalue weighted by atomic mass is 10.1. The number of carbonyl (C=O) groups is 1. The van der Waals surface area contributed by atoms with E-state index in [2.05, 4.69) is 16.4 Å². The second kappa shape index (κ2) is 5.89. The Hall–Kier alpha value is -3.31. The molecule has 26 heavy (non-hydrogen) atoms. The average molecular weight is 358 g/mol. The molecule has 0 saturated carbocycles. The van der Waals surface area contributed by atoms with Crippen LogP contribution in [0.5, 0.6) is 0 Å². The van der Waals surface area contributed by atoms with Gasteiger partial charge in [-0.25, -0.2) is 0 Å². The number of carbonyl (C=O) groups excluding carboxylic acids is 1. The van der Waals surface area contributed by atoms with Crippen molar-refractivity contribution in [2.75, 3.05) is 5.32 Å². The van der Waals surface area contributed by atoms with Crippen molar-refractivity contribution in [1.82, 2.24) is 4.98 Å². The fraction of sp³-hybridized carbons (Fsp3) is 0. The Morgan fingerprint density at radius 3 is 2.81 bits per heavy atom. The summed E-state index contributed by atoms with van der Waals surface area (Å²) < 4.78 is 6.23. The number of benzene rings is 2. The minimum atomic E-state index is -0.0917. The van der Waals surface area contributed by atoms with Gasteiger partial charge in [0.1, 0.15) is 0 Å². The van der Waals surface area contributed by atoms with Gasteiger partial charge in [0, 0.05) is 33.1 Å². The third kappa shape index (κ3) is 2.59. The second-order valence-corrected chi connectivity index (χ2v) is 7.19. The minimum absolute atomic E-state index is 0.0917. The fourth-order valence-electron chi connectivity index (χ4n) is 3.08. The number of amides is 1. The number of rotatable bonds is 3. The molecule has 0 aliphatic heterocycles. The molecular formula is C21H14N2O2S. The van der Waals surface area contributed by atoms with Gasteiger partial charge in [0.2, 0.25) is 0 Å². The minimum Gasteiger partial charge on any atom is -0.472 e. The maximum absolute atomic E-state index is 12.6. The molecule has 0 aliphatic carbocycles. The van der Waals surface area contributed by atoms with Crippen molar-refractivity contribution in [2.24, 2.45) is 0 Å². The van der Waals surface area contributed by atoms with Crippen molar-refractivity contribution < 1.29 is 9.21 Å². The second-order valence-electron chi connectivity index (χ2n) is 6.11. The monoisotopic (exact) mass is 358 g/mol. The SMILES string of the molecule is O=C(Nc1ccc2[nH]ccc2c1)c1cc2ccc(-c3ccoc3)cc2s1. The highest BCUT2D eigenvalue weighted by Gasteiger charge is 2.12.